The molecule has 0 saturated carbocycles. The third kappa shape index (κ3) is 2.33. The average molecular weight is 297 g/mol. The third-order valence-corrected chi connectivity index (χ3v) is 3.72. The summed E-state index contributed by atoms with van der Waals surface area (Å²) in [6.45, 7) is 1.40. The lowest BCUT2D eigenvalue weighted by atomic mass is 10.3. The fraction of sp³-hybridized carbons (Fsp3) is 0.286. The molecular formula is C14H15N7O. The van der Waals surface area contributed by atoms with Gasteiger partial charge in [0.05, 0.1) is 17.9 Å². The van der Waals surface area contributed by atoms with Gasteiger partial charge in [0.15, 0.2) is 5.82 Å². The smallest absolute Gasteiger partial charge is 0.159 e. The second-order valence-corrected chi connectivity index (χ2v) is 5.23. The first kappa shape index (κ1) is 13.0. The van der Waals surface area contributed by atoms with Crippen LogP contribution in [0.2, 0.25) is 0 Å². The van der Waals surface area contributed by atoms with Crippen molar-refractivity contribution in [2.75, 3.05) is 23.3 Å². The maximum atomic E-state index is 9.64. The highest BCUT2D eigenvalue weighted by Gasteiger charge is 2.21. The predicted octanol–water partition coefficient (Wildman–Crippen LogP) is 1.06. The number of hydrogen-bond donors (Lipinski definition) is 3. The van der Waals surface area contributed by atoms with E-state index in [1.807, 2.05) is 17.0 Å². The fourth-order valence-corrected chi connectivity index (χ4v) is 2.62. The van der Waals surface area contributed by atoms with Crippen LogP contribution in [-0.4, -0.2) is 49.2 Å². The number of imidazole rings is 1. The molecule has 8 heteroatoms. The maximum absolute atomic E-state index is 9.64. The van der Waals surface area contributed by atoms with Gasteiger partial charge in [-0.2, -0.15) is 0 Å². The Kier molecular flexibility index (Phi) is 3.08. The number of nitrogens with one attached hydrogen (secondary N) is 2. The summed E-state index contributed by atoms with van der Waals surface area (Å²) in [5.74, 6) is 2.09. The van der Waals surface area contributed by atoms with Gasteiger partial charge in [-0.1, -0.05) is 0 Å². The Bertz CT molecular complexity index is 802. The quantitative estimate of drug-likeness (QED) is 0.664. The Morgan fingerprint density at radius 3 is 3.09 bits per heavy atom. The minimum atomic E-state index is -0.286. The highest BCUT2D eigenvalue weighted by molar-refractivity contribution is 5.86. The second kappa shape index (κ2) is 5.23. The summed E-state index contributed by atoms with van der Waals surface area (Å²) < 4.78 is 0. The molecule has 1 aliphatic heterocycles. The van der Waals surface area contributed by atoms with Crippen LogP contribution in [0, 0.1) is 0 Å². The van der Waals surface area contributed by atoms with Crippen molar-refractivity contribution in [3.63, 3.8) is 0 Å². The molecule has 112 valence electrons. The van der Waals surface area contributed by atoms with E-state index in [1.165, 1.54) is 6.33 Å². The molecule has 22 heavy (non-hydrogen) atoms. The number of β-amino-alcohol motifs (C(OH)–C–C–N with tert-alkyl or cyclic N) is 1. The molecule has 0 bridgehead atoms. The van der Waals surface area contributed by atoms with Crippen molar-refractivity contribution in [2.45, 2.75) is 12.5 Å². The normalized spacial score (nSPS) is 18.0. The SMILES string of the molecule is OC1CCN(c2cc(Nc3nccc4[nH]cnc34)ncn2)C1. The van der Waals surface area contributed by atoms with Crippen LogP contribution in [-0.2, 0) is 0 Å². The molecule has 1 unspecified atom stereocenters. The molecule has 3 aromatic rings. The standard InChI is InChI=1S/C14H15N7O/c22-9-2-4-21(6-9)12-5-11(17-8-18-12)20-14-13-10(1-3-15-14)16-7-19-13/h1,3,5,7-9,22H,2,4,6H2,(H,16,19)(H,15,17,18,20). The molecule has 1 saturated heterocycles. The van der Waals surface area contributed by atoms with Gasteiger partial charge in [-0.15, -0.1) is 0 Å². The molecule has 0 amide bonds. The first-order valence-electron chi connectivity index (χ1n) is 7.10. The molecule has 4 rings (SSSR count). The molecule has 1 fully saturated rings. The monoisotopic (exact) mass is 297 g/mol. The van der Waals surface area contributed by atoms with Crippen molar-refractivity contribution in [1.82, 2.24) is 24.9 Å². The number of nitrogens with zero attached hydrogens (tertiary/aromatic N) is 5. The van der Waals surface area contributed by atoms with Crippen molar-refractivity contribution in [1.29, 1.82) is 0 Å². The van der Waals surface area contributed by atoms with Crippen LogP contribution in [0.1, 0.15) is 6.42 Å². The Morgan fingerprint density at radius 1 is 1.27 bits per heavy atom. The lowest BCUT2D eigenvalue weighted by Gasteiger charge is -2.16. The van der Waals surface area contributed by atoms with Gasteiger partial charge in [0.25, 0.3) is 0 Å². The van der Waals surface area contributed by atoms with Gasteiger partial charge < -0.3 is 20.3 Å². The van der Waals surface area contributed by atoms with Crippen molar-refractivity contribution >= 4 is 28.5 Å². The number of rotatable bonds is 3. The Balaban J connectivity index is 1.62. The van der Waals surface area contributed by atoms with E-state index in [0.717, 1.165) is 29.8 Å². The van der Waals surface area contributed by atoms with Crippen molar-refractivity contribution in [3.05, 3.63) is 31.0 Å². The fourth-order valence-electron chi connectivity index (χ4n) is 2.62. The molecule has 0 aliphatic carbocycles. The lowest BCUT2D eigenvalue weighted by Crippen LogP contribution is -2.22. The van der Waals surface area contributed by atoms with Gasteiger partial charge in [-0.25, -0.2) is 19.9 Å². The van der Waals surface area contributed by atoms with E-state index < -0.39 is 0 Å². The van der Waals surface area contributed by atoms with Crippen LogP contribution < -0.4 is 10.2 Å². The highest BCUT2D eigenvalue weighted by atomic mass is 16.3. The van der Waals surface area contributed by atoms with Crippen molar-refractivity contribution in [3.8, 4) is 0 Å². The molecule has 3 aromatic heterocycles. The summed E-state index contributed by atoms with van der Waals surface area (Å²) in [4.78, 5) is 22.2. The van der Waals surface area contributed by atoms with Crippen LogP contribution in [0.25, 0.3) is 11.0 Å². The molecule has 1 aliphatic rings. The number of aromatic amines is 1. The van der Waals surface area contributed by atoms with E-state index in [9.17, 15) is 5.11 Å². The summed E-state index contributed by atoms with van der Waals surface area (Å²) in [5.41, 5.74) is 1.67. The Hall–Kier alpha value is -2.74. The van der Waals surface area contributed by atoms with Crippen LogP contribution in [0.3, 0.4) is 0 Å². The number of hydrogen-bond acceptors (Lipinski definition) is 7. The zero-order chi connectivity index (χ0) is 14.9. The van der Waals surface area contributed by atoms with Gasteiger partial charge in [0, 0.05) is 25.4 Å². The van der Waals surface area contributed by atoms with Gasteiger partial charge in [-0.05, 0) is 12.5 Å². The minimum absolute atomic E-state index is 0.286. The topological polar surface area (TPSA) is 103 Å². The number of aliphatic hydroxyl groups excluding tert-OH is 1. The van der Waals surface area contributed by atoms with Crippen LogP contribution in [0.5, 0.6) is 0 Å². The van der Waals surface area contributed by atoms with Gasteiger partial charge in [0.1, 0.15) is 23.5 Å². The first-order chi connectivity index (χ1) is 10.8. The van der Waals surface area contributed by atoms with Gasteiger partial charge >= 0.3 is 0 Å². The van der Waals surface area contributed by atoms with E-state index in [1.54, 1.807) is 12.5 Å². The third-order valence-electron chi connectivity index (χ3n) is 3.72. The maximum Gasteiger partial charge on any atom is 0.159 e. The average Bonchev–Trinajstić information content (AvgIpc) is 3.17. The van der Waals surface area contributed by atoms with Gasteiger partial charge in [-0.3, -0.25) is 0 Å². The van der Waals surface area contributed by atoms with Crippen LogP contribution in [0.4, 0.5) is 17.5 Å². The molecule has 1 atom stereocenters. The number of pyridine rings is 1. The summed E-state index contributed by atoms with van der Waals surface area (Å²) >= 11 is 0. The first-order valence-corrected chi connectivity index (χ1v) is 7.10. The Labute approximate surface area is 126 Å². The van der Waals surface area contributed by atoms with E-state index >= 15 is 0 Å². The number of aliphatic hydroxyl groups is 1. The lowest BCUT2D eigenvalue weighted by molar-refractivity contribution is 0.198. The molecule has 0 radical (unpaired) electrons. The number of H-pyrrole nitrogens is 1. The Morgan fingerprint density at radius 2 is 2.23 bits per heavy atom. The van der Waals surface area contributed by atoms with Crippen molar-refractivity contribution < 1.29 is 5.11 Å². The molecular weight excluding hydrogens is 282 g/mol. The predicted molar refractivity (Wildman–Crippen MR) is 82.0 cm³/mol. The van der Waals surface area contributed by atoms with Crippen LogP contribution >= 0.6 is 0 Å². The van der Waals surface area contributed by atoms with Crippen LogP contribution in [0.15, 0.2) is 31.0 Å². The van der Waals surface area contributed by atoms with Gasteiger partial charge in [0.2, 0.25) is 0 Å². The summed E-state index contributed by atoms with van der Waals surface area (Å²) in [6.07, 6.45) is 5.33. The molecule has 4 heterocycles. The zero-order valence-corrected chi connectivity index (χ0v) is 11.8. The highest BCUT2D eigenvalue weighted by Crippen LogP contribution is 2.23. The summed E-state index contributed by atoms with van der Waals surface area (Å²) in [7, 11) is 0. The number of fused-ring (bicyclic) bond motifs is 1. The summed E-state index contributed by atoms with van der Waals surface area (Å²) in [5, 5.41) is 12.8. The van der Waals surface area contributed by atoms with E-state index in [2.05, 4.69) is 30.2 Å². The minimum Gasteiger partial charge on any atom is -0.391 e. The zero-order valence-electron chi connectivity index (χ0n) is 11.8. The van der Waals surface area contributed by atoms with E-state index in [4.69, 9.17) is 0 Å². The largest absolute Gasteiger partial charge is 0.391 e. The number of anilines is 3. The molecule has 3 N–H and O–H groups in total. The molecule has 8 nitrogen and oxygen atoms in total. The van der Waals surface area contributed by atoms with Crippen molar-refractivity contribution in [2.24, 2.45) is 0 Å². The number of aromatic nitrogens is 5. The van der Waals surface area contributed by atoms with E-state index in [-0.39, 0.29) is 6.10 Å². The van der Waals surface area contributed by atoms with E-state index in [0.29, 0.717) is 18.2 Å². The summed E-state index contributed by atoms with van der Waals surface area (Å²) in [6, 6.07) is 3.72. The second-order valence-electron chi connectivity index (χ2n) is 5.23. The molecule has 0 spiro atoms. The molecule has 0 aromatic carbocycles.